The summed E-state index contributed by atoms with van der Waals surface area (Å²) < 4.78 is 11.2. The lowest BCUT2D eigenvalue weighted by Gasteiger charge is -2.28. The lowest BCUT2D eigenvalue weighted by Crippen LogP contribution is -2.36. The second-order valence-electron chi connectivity index (χ2n) is 7.52. The van der Waals surface area contributed by atoms with E-state index in [-0.39, 0.29) is 11.3 Å². The molecule has 0 atom stereocenters. The van der Waals surface area contributed by atoms with Gasteiger partial charge in [-0.25, -0.2) is 4.79 Å². The number of fused-ring (bicyclic) bond motifs is 3. The predicted molar refractivity (Wildman–Crippen MR) is 115 cm³/mol. The number of nitro groups is 1. The number of anilines is 1. The maximum Gasteiger partial charge on any atom is 0.339 e. The summed E-state index contributed by atoms with van der Waals surface area (Å²) in [4.78, 5) is 26.2. The van der Waals surface area contributed by atoms with Crippen molar-refractivity contribution in [1.29, 1.82) is 0 Å². The monoisotopic (exact) mass is 416 g/mol. The molecule has 7 nitrogen and oxygen atoms in total. The SMILES string of the molecule is O=C(OC1c2ccccc2-c2ccccc21)c1ccc(N2CCOCC2)c([N+](=O)[O-])c1. The lowest BCUT2D eigenvalue weighted by atomic mass is 10.1. The molecule has 2 aliphatic rings. The normalized spacial score (nSPS) is 15.3. The lowest BCUT2D eigenvalue weighted by molar-refractivity contribution is -0.384. The molecule has 0 unspecified atom stereocenters. The molecule has 1 aliphatic heterocycles. The van der Waals surface area contributed by atoms with Crippen LogP contribution in [0.1, 0.15) is 27.6 Å². The Morgan fingerprint density at radius 1 is 0.968 bits per heavy atom. The third kappa shape index (κ3) is 3.43. The number of esters is 1. The summed E-state index contributed by atoms with van der Waals surface area (Å²) in [7, 11) is 0. The minimum atomic E-state index is -0.590. The first-order valence-corrected chi connectivity index (χ1v) is 10.1. The third-order valence-electron chi connectivity index (χ3n) is 5.76. The summed E-state index contributed by atoms with van der Waals surface area (Å²) in [5.74, 6) is -0.590. The van der Waals surface area contributed by atoms with E-state index in [0.29, 0.717) is 32.0 Å². The van der Waals surface area contributed by atoms with Crippen LogP contribution in [0.3, 0.4) is 0 Å². The molecule has 3 aromatic carbocycles. The van der Waals surface area contributed by atoms with Gasteiger partial charge in [0, 0.05) is 30.3 Å². The Kier molecular flexibility index (Phi) is 4.88. The minimum Gasteiger partial charge on any atom is -0.449 e. The zero-order valence-corrected chi connectivity index (χ0v) is 16.7. The second kappa shape index (κ2) is 7.85. The first kappa shape index (κ1) is 19.3. The summed E-state index contributed by atoms with van der Waals surface area (Å²) in [5, 5.41) is 11.7. The Balaban J connectivity index is 1.46. The molecule has 0 radical (unpaired) electrons. The number of rotatable bonds is 4. The quantitative estimate of drug-likeness (QED) is 0.357. The Labute approximate surface area is 179 Å². The van der Waals surface area contributed by atoms with Gasteiger partial charge in [-0.3, -0.25) is 10.1 Å². The van der Waals surface area contributed by atoms with Crippen LogP contribution >= 0.6 is 0 Å². The highest BCUT2D eigenvalue weighted by atomic mass is 16.6. The van der Waals surface area contributed by atoms with E-state index >= 15 is 0 Å². The number of hydrogen-bond donors (Lipinski definition) is 0. The van der Waals surface area contributed by atoms with Crippen LogP contribution < -0.4 is 4.90 Å². The molecule has 0 bridgehead atoms. The fourth-order valence-electron chi connectivity index (χ4n) is 4.28. The van der Waals surface area contributed by atoms with Gasteiger partial charge in [0.05, 0.1) is 23.7 Å². The molecule has 7 heteroatoms. The first-order chi connectivity index (χ1) is 15.1. The summed E-state index contributed by atoms with van der Waals surface area (Å²) in [5.41, 5.74) is 4.43. The Morgan fingerprint density at radius 3 is 2.19 bits per heavy atom. The smallest absolute Gasteiger partial charge is 0.339 e. The van der Waals surface area contributed by atoms with Crippen molar-refractivity contribution < 1.29 is 19.2 Å². The molecule has 1 aliphatic carbocycles. The molecule has 0 saturated carbocycles. The van der Waals surface area contributed by atoms with Crippen molar-refractivity contribution in [3.63, 3.8) is 0 Å². The van der Waals surface area contributed by atoms with E-state index < -0.39 is 17.0 Å². The molecule has 1 saturated heterocycles. The van der Waals surface area contributed by atoms with Gasteiger partial charge in [0.2, 0.25) is 0 Å². The second-order valence-corrected chi connectivity index (χ2v) is 7.52. The van der Waals surface area contributed by atoms with Gasteiger partial charge >= 0.3 is 5.97 Å². The molecule has 0 aromatic heterocycles. The van der Waals surface area contributed by atoms with E-state index in [1.807, 2.05) is 53.4 Å². The number of nitrogens with zero attached hydrogens (tertiary/aromatic N) is 2. The van der Waals surface area contributed by atoms with E-state index in [0.717, 1.165) is 22.3 Å². The molecule has 1 fully saturated rings. The summed E-state index contributed by atoms with van der Waals surface area (Å²) >= 11 is 0. The third-order valence-corrected chi connectivity index (χ3v) is 5.76. The number of hydrogen-bond acceptors (Lipinski definition) is 6. The Hall–Kier alpha value is -3.71. The molecule has 156 valence electrons. The van der Waals surface area contributed by atoms with Gasteiger partial charge in [-0.15, -0.1) is 0 Å². The summed E-state index contributed by atoms with van der Waals surface area (Å²) in [6.45, 7) is 2.17. The van der Waals surface area contributed by atoms with Crippen LogP contribution in [0.5, 0.6) is 0 Å². The maximum absolute atomic E-state index is 13.0. The number of carbonyl (C=O) groups excluding carboxylic acids is 1. The zero-order valence-electron chi connectivity index (χ0n) is 16.7. The van der Waals surface area contributed by atoms with E-state index in [2.05, 4.69) is 0 Å². The van der Waals surface area contributed by atoms with Crippen LogP contribution in [0.25, 0.3) is 11.1 Å². The highest BCUT2D eigenvalue weighted by Gasteiger charge is 2.32. The fourth-order valence-corrected chi connectivity index (χ4v) is 4.28. The molecular weight excluding hydrogens is 396 g/mol. The first-order valence-electron chi connectivity index (χ1n) is 10.1. The van der Waals surface area contributed by atoms with Gasteiger partial charge in [0.15, 0.2) is 6.10 Å². The molecule has 0 amide bonds. The van der Waals surface area contributed by atoms with Crippen molar-refractivity contribution in [1.82, 2.24) is 0 Å². The number of carbonyl (C=O) groups is 1. The van der Waals surface area contributed by atoms with Crippen molar-refractivity contribution in [2.75, 3.05) is 31.2 Å². The van der Waals surface area contributed by atoms with E-state index in [4.69, 9.17) is 9.47 Å². The molecule has 5 rings (SSSR count). The number of benzene rings is 3. The number of morpholine rings is 1. The van der Waals surface area contributed by atoms with Crippen molar-refractivity contribution in [2.24, 2.45) is 0 Å². The summed E-state index contributed by atoms with van der Waals surface area (Å²) in [6.07, 6.45) is -0.544. The minimum absolute atomic E-state index is 0.108. The van der Waals surface area contributed by atoms with E-state index in [1.54, 1.807) is 12.1 Å². The topological polar surface area (TPSA) is 81.9 Å². The van der Waals surface area contributed by atoms with E-state index in [1.165, 1.54) is 6.07 Å². The van der Waals surface area contributed by atoms with Crippen LogP contribution in [-0.2, 0) is 9.47 Å². The molecule has 0 N–H and O–H groups in total. The Bertz CT molecular complexity index is 1120. The largest absolute Gasteiger partial charge is 0.449 e. The van der Waals surface area contributed by atoms with Crippen molar-refractivity contribution in [2.45, 2.75) is 6.10 Å². The van der Waals surface area contributed by atoms with Crippen LogP contribution in [0.2, 0.25) is 0 Å². The van der Waals surface area contributed by atoms with Crippen LogP contribution in [0.4, 0.5) is 11.4 Å². The highest BCUT2D eigenvalue weighted by molar-refractivity contribution is 5.92. The Morgan fingerprint density at radius 2 is 1.58 bits per heavy atom. The molecule has 0 spiro atoms. The van der Waals surface area contributed by atoms with Crippen molar-refractivity contribution >= 4 is 17.3 Å². The van der Waals surface area contributed by atoms with Gasteiger partial charge in [-0.05, 0) is 23.3 Å². The maximum atomic E-state index is 13.0. The zero-order chi connectivity index (χ0) is 21.4. The van der Waals surface area contributed by atoms with Gasteiger partial charge in [-0.2, -0.15) is 0 Å². The predicted octanol–water partition coefficient (Wildman–Crippen LogP) is 4.36. The van der Waals surface area contributed by atoms with Gasteiger partial charge in [0.1, 0.15) is 5.69 Å². The van der Waals surface area contributed by atoms with Gasteiger partial charge in [0.25, 0.3) is 5.69 Å². The highest BCUT2D eigenvalue weighted by Crippen LogP contribution is 2.45. The van der Waals surface area contributed by atoms with Gasteiger partial charge in [-0.1, -0.05) is 48.5 Å². The number of nitro benzene ring substituents is 1. The average Bonchev–Trinajstić information content (AvgIpc) is 3.13. The molecule has 31 heavy (non-hydrogen) atoms. The van der Waals surface area contributed by atoms with Crippen LogP contribution in [-0.4, -0.2) is 37.2 Å². The molecular formula is C24H20N2O5. The summed E-state index contributed by atoms with van der Waals surface area (Å²) in [6, 6.07) is 20.1. The van der Waals surface area contributed by atoms with Crippen molar-refractivity contribution in [3.05, 3.63) is 93.5 Å². The molecule has 1 heterocycles. The van der Waals surface area contributed by atoms with Gasteiger partial charge < -0.3 is 14.4 Å². The molecule has 3 aromatic rings. The van der Waals surface area contributed by atoms with Crippen LogP contribution in [0.15, 0.2) is 66.7 Å². The fraction of sp³-hybridized carbons (Fsp3) is 0.208. The average molecular weight is 416 g/mol. The van der Waals surface area contributed by atoms with E-state index in [9.17, 15) is 14.9 Å². The van der Waals surface area contributed by atoms with Crippen LogP contribution in [0, 0.1) is 10.1 Å². The standard InChI is InChI=1S/C24H20N2O5/c27-24(16-9-10-21(22(15-16)26(28)29)25-11-13-30-14-12-25)31-23-19-7-3-1-5-17(19)18-6-2-4-8-20(18)23/h1-10,15,23H,11-14H2. The van der Waals surface area contributed by atoms with Crippen molar-refractivity contribution in [3.8, 4) is 11.1 Å². The number of ether oxygens (including phenoxy) is 2.